The molecule has 0 spiro atoms. The molecule has 0 aliphatic rings. The highest BCUT2D eigenvalue weighted by Crippen LogP contribution is 2.33. The van der Waals surface area contributed by atoms with Crippen LogP contribution >= 0.6 is 11.6 Å². The van der Waals surface area contributed by atoms with Gasteiger partial charge in [0.25, 0.3) is 0 Å². The van der Waals surface area contributed by atoms with Gasteiger partial charge in [-0.2, -0.15) is 13.2 Å². The predicted molar refractivity (Wildman–Crippen MR) is 55.5 cm³/mol. The first kappa shape index (κ1) is 13.1. The molecule has 0 saturated heterocycles. The average Bonchev–Trinajstić information content (AvgIpc) is 2.19. The van der Waals surface area contributed by atoms with Gasteiger partial charge < -0.3 is 5.32 Å². The molecule has 0 aliphatic heterocycles. The van der Waals surface area contributed by atoms with Crippen molar-refractivity contribution in [1.82, 2.24) is 0 Å². The lowest BCUT2D eigenvalue weighted by Crippen LogP contribution is -2.08. The number of rotatable bonds is 4. The maximum absolute atomic E-state index is 12.4. The van der Waals surface area contributed by atoms with E-state index in [1.165, 1.54) is 6.07 Å². The normalized spacial score (nSPS) is 11.6. The molecule has 0 radical (unpaired) electrons. The summed E-state index contributed by atoms with van der Waals surface area (Å²) >= 11 is 5.70. The zero-order valence-electron chi connectivity index (χ0n) is 8.24. The largest absolute Gasteiger partial charge is 0.416 e. The first-order valence-electron chi connectivity index (χ1n) is 4.61. The number of halogens is 5. The zero-order valence-corrected chi connectivity index (χ0v) is 9.00. The lowest BCUT2D eigenvalue weighted by molar-refractivity contribution is -0.137. The van der Waals surface area contributed by atoms with Gasteiger partial charge in [0.2, 0.25) is 0 Å². The first-order valence-corrected chi connectivity index (χ1v) is 4.99. The molecule has 1 nitrogen and oxygen atoms in total. The van der Waals surface area contributed by atoms with Gasteiger partial charge in [-0.05, 0) is 24.6 Å². The summed E-state index contributed by atoms with van der Waals surface area (Å²) < 4.78 is 48.9. The van der Waals surface area contributed by atoms with E-state index < -0.39 is 18.4 Å². The van der Waals surface area contributed by atoms with Crippen LogP contribution < -0.4 is 5.32 Å². The number of hydrogen-bond donors (Lipinski definition) is 1. The Morgan fingerprint density at radius 2 is 1.94 bits per heavy atom. The molecule has 90 valence electrons. The van der Waals surface area contributed by atoms with Crippen LogP contribution in [0.3, 0.4) is 0 Å². The van der Waals surface area contributed by atoms with Crippen LogP contribution in [-0.4, -0.2) is 13.2 Å². The van der Waals surface area contributed by atoms with Crippen LogP contribution in [0.25, 0.3) is 0 Å². The Bertz CT molecular complexity index is 351. The minimum atomic E-state index is -4.40. The molecule has 0 saturated carbocycles. The monoisotopic (exact) mass is 255 g/mol. The maximum Gasteiger partial charge on any atom is 0.416 e. The quantitative estimate of drug-likeness (QED) is 0.630. The van der Waals surface area contributed by atoms with E-state index in [2.05, 4.69) is 5.32 Å². The number of nitrogens with one attached hydrogen (secondary N) is 1. The van der Waals surface area contributed by atoms with Crippen molar-refractivity contribution < 1.29 is 17.6 Å². The Hall–Kier alpha value is -0.970. The van der Waals surface area contributed by atoms with Crippen LogP contribution in [0.2, 0.25) is 5.02 Å². The van der Waals surface area contributed by atoms with Gasteiger partial charge >= 0.3 is 6.18 Å². The van der Waals surface area contributed by atoms with Gasteiger partial charge in [-0.3, -0.25) is 4.39 Å². The van der Waals surface area contributed by atoms with Crippen molar-refractivity contribution in [2.75, 3.05) is 18.5 Å². The second kappa shape index (κ2) is 5.39. The molecule has 0 unspecified atom stereocenters. The molecule has 0 aromatic heterocycles. The van der Waals surface area contributed by atoms with Crippen LogP contribution in [0.1, 0.15) is 12.0 Å². The minimum Gasteiger partial charge on any atom is -0.384 e. The van der Waals surface area contributed by atoms with Crippen molar-refractivity contribution in [3.63, 3.8) is 0 Å². The summed E-state index contributed by atoms with van der Waals surface area (Å²) in [5.74, 6) is 0. The van der Waals surface area contributed by atoms with E-state index in [-0.39, 0.29) is 23.7 Å². The van der Waals surface area contributed by atoms with E-state index in [0.29, 0.717) is 0 Å². The molecule has 0 atom stereocenters. The molecule has 1 rings (SSSR count). The summed E-state index contributed by atoms with van der Waals surface area (Å²) in [6, 6.07) is 2.99. The van der Waals surface area contributed by atoms with E-state index in [4.69, 9.17) is 11.6 Å². The van der Waals surface area contributed by atoms with Crippen LogP contribution in [-0.2, 0) is 6.18 Å². The molecule has 0 fully saturated rings. The summed E-state index contributed by atoms with van der Waals surface area (Å²) in [5, 5.41) is 2.84. The highest BCUT2D eigenvalue weighted by molar-refractivity contribution is 6.33. The molecule has 1 aromatic rings. The standard InChI is InChI=1S/C10H10ClF4N/c11-8-3-2-7(10(13,14)15)6-9(8)16-5-1-4-12/h2-3,6,16H,1,4-5H2. The van der Waals surface area contributed by atoms with Gasteiger partial charge in [0.1, 0.15) is 0 Å². The molecule has 0 aliphatic carbocycles. The predicted octanol–water partition coefficient (Wildman–Crippen LogP) is 4.13. The van der Waals surface area contributed by atoms with Crippen LogP contribution in [0.5, 0.6) is 0 Å². The summed E-state index contributed by atoms with van der Waals surface area (Å²) in [7, 11) is 0. The lowest BCUT2D eigenvalue weighted by Gasteiger charge is -2.11. The van der Waals surface area contributed by atoms with Crippen LogP contribution in [0, 0.1) is 0 Å². The molecule has 6 heteroatoms. The van der Waals surface area contributed by atoms with Gasteiger partial charge in [-0.1, -0.05) is 11.6 Å². The van der Waals surface area contributed by atoms with Gasteiger partial charge in [0.05, 0.1) is 22.9 Å². The maximum atomic E-state index is 12.4. The molecule has 1 aromatic carbocycles. The van der Waals surface area contributed by atoms with Crippen molar-refractivity contribution in [3.05, 3.63) is 28.8 Å². The Morgan fingerprint density at radius 3 is 2.50 bits per heavy atom. The topological polar surface area (TPSA) is 12.0 Å². The molecular weight excluding hydrogens is 246 g/mol. The Morgan fingerprint density at radius 1 is 1.25 bits per heavy atom. The number of benzene rings is 1. The van der Waals surface area contributed by atoms with Gasteiger partial charge in [0.15, 0.2) is 0 Å². The van der Waals surface area contributed by atoms with Crippen LogP contribution in [0.15, 0.2) is 18.2 Å². The summed E-state index contributed by atoms with van der Waals surface area (Å²) in [5.41, 5.74) is -0.607. The number of hydrogen-bond acceptors (Lipinski definition) is 1. The van der Waals surface area contributed by atoms with Gasteiger partial charge in [-0.15, -0.1) is 0 Å². The molecule has 0 bridgehead atoms. The number of anilines is 1. The van der Waals surface area contributed by atoms with Crippen molar-refractivity contribution in [1.29, 1.82) is 0 Å². The third-order valence-electron chi connectivity index (χ3n) is 1.92. The van der Waals surface area contributed by atoms with E-state index in [1.54, 1.807) is 0 Å². The molecule has 0 heterocycles. The number of alkyl halides is 4. The summed E-state index contributed by atoms with van der Waals surface area (Å²) in [4.78, 5) is 0. The average molecular weight is 256 g/mol. The molecule has 0 amide bonds. The second-order valence-corrected chi connectivity index (χ2v) is 3.57. The van der Waals surface area contributed by atoms with Gasteiger partial charge in [0, 0.05) is 6.54 Å². The SMILES string of the molecule is FCCCNc1cc(C(F)(F)F)ccc1Cl. The minimum absolute atomic E-state index is 0.171. The van der Waals surface area contributed by atoms with E-state index in [9.17, 15) is 17.6 Å². The van der Waals surface area contributed by atoms with Gasteiger partial charge in [-0.25, -0.2) is 0 Å². The highest BCUT2D eigenvalue weighted by atomic mass is 35.5. The van der Waals surface area contributed by atoms with Crippen molar-refractivity contribution >= 4 is 17.3 Å². The molecule has 1 N–H and O–H groups in total. The highest BCUT2D eigenvalue weighted by Gasteiger charge is 2.30. The Balaban J connectivity index is 2.83. The Kier molecular flexibility index (Phi) is 4.41. The fourth-order valence-electron chi connectivity index (χ4n) is 1.13. The fraction of sp³-hybridized carbons (Fsp3) is 0.400. The van der Waals surface area contributed by atoms with E-state index in [0.717, 1.165) is 12.1 Å². The first-order chi connectivity index (χ1) is 7.45. The second-order valence-electron chi connectivity index (χ2n) is 3.16. The summed E-state index contributed by atoms with van der Waals surface area (Å²) in [6.45, 7) is -0.277. The van der Waals surface area contributed by atoms with Crippen molar-refractivity contribution in [3.8, 4) is 0 Å². The third-order valence-corrected chi connectivity index (χ3v) is 2.25. The molecular formula is C10H10ClF4N. The third kappa shape index (κ3) is 3.56. The molecule has 16 heavy (non-hydrogen) atoms. The van der Waals surface area contributed by atoms with Crippen LogP contribution in [0.4, 0.5) is 23.2 Å². The van der Waals surface area contributed by atoms with Crippen molar-refractivity contribution in [2.45, 2.75) is 12.6 Å². The zero-order chi connectivity index (χ0) is 12.2. The fourth-order valence-corrected chi connectivity index (χ4v) is 1.31. The lowest BCUT2D eigenvalue weighted by atomic mass is 10.2. The van der Waals surface area contributed by atoms with E-state index >= 15 is 0 Å². The smallest absolute Gasteiger partial charge is 0.384 e. The Labute approximate surface area is 95.4 Å². The summed E-state index contributed by atoms with van der Waals surface area (Å²) in [6.07, 6.45) is -4.17. The van der Waals surface area contributed by atoms with E-state index in [1.807, 2.05) is 0 Å². The van der Waals surface area contributed by atoms with Crippen molar-refractivity contribution in [2.24, 2.45) is 0 Å².